The van der Waals surface area contributed by atoms with Crippen LogP contribution in [0, 0.1) is 0 Å². The molecular weight excluding hydrogens is 398 g/mol. The number of nitrogens with one attached hydrogen (secondary N) is 1. The van der Waals surface area contributed by atoms with Gasteiger partial charge in [0.2, 0.25) is 15.7 Å². The highest BCUT2D eigenvalue weighted by atomic mass is 32.2. The maximum Gasteiger partial charge on any atom is 0.238 e. The minimum absolute atomic E-state index is 0.0775. The van der Waals surface area contributed by atoms with E-state index in [1.807, 2.05) is 0 Å². The Labute approximate surface area is 169 Å². The summed E-state index contributed by atoms with van der Waals surface area (Å²) in [4.78, 5) is 16.0. The van der Waals surface area contributed by atoms with Gasteiger partial charge in [-0.2, -0.15) is 0 Å². The van der Waals surface area contributed by atoms with Crippen LogP contribution in [-0.2, 0) is 25.9 Å². The molecule has 10 heteroatoms. The van der Waals surface area contributed by atoms with E-state index in [-0.39, 0.29) is 34.9 Å². The number of aromatic nitrogens is 1. The Morgan fingerprint density at radius 2 is 2.10 bits per heavy atom. The van der Waals surface area contributed by atoms with Crippen molar-refractivity contribution in [1.82, 2.24) is 15.6 Å². The van der Waals surface area contributed by atoms with Crippen LogP contribution < -0.4 is 10.2 Å². The molecule has 0 aliphatic carbocycles. The zero-order chi connectivity index (χ0) is 20.9. The number of sulfone groups is 1. The smallest absolute Gasteiger partial charge is 0.238 e. The number of ether oxygens (including phenoxy) is 2. The molecule has 0 saturated carbocycles. The Morgan fingerprint density at radius 3 is 2.76 bits per heavy atom. The van der Waals surface area contributed by atoms with Crippen molar-refractivity contribution in [2.24, 2.45) is 0 Å². The molecule has 1 amide bonds. The minimum Gasteiger partial charge on any atom is -0.497 e. The van der Waals surface area contributed by atoms with Crippen LogP contribution in [-0.4, -0.2) is 49.5 Å². The van der Waals surface area contributed by atoms with Gasteiger partial charge in [-0.3, -0.25) is 15.4 Å². The number of pyridine rings is 1. The van der Waals surface area contributed by atoms with Crippen LogP contribution >= 0.6 is 0 Å². The molecule has 1 aromatic heterocycles. The van der Waals surface area contributed by atoms with Crippen molar-refractivity contribution in [3.8, 4) is 5.75 Å². The average molecular weight is 421 g/mol. The summed E-state index contributed by atoms with van der Waals surface area (Å²) in [5.41, 5.74) is 2.81. The second kappa shape index (κ2) is 9.31. The Morgan fingerprint density at radius 1 is 1.34 bits per heavy atom. The summed E-state index contributed by atoms with van der Waals surface area (Å²) in [6.45, 7) is 0.536. The first-order valence-corrected chi connectivity index (χ1v) is 10.6. The number of hydrazine groups is 1. The maximum absolute atomic E-state index is 12.8. The van der Waals surface area contributed by atoms with Gasteiger partial charge in [-0.05, 0) is 54.8 Å². The highest BCUT2D eigenvalue weighted by molar-refractivity contribution is 7.91. The van der Waals surface area contributed by atoms with Gasteiger partial charge in [0, 0.05) is 12.8 Å². The van der Waals surface area contributed by atoms with Crippen molar-refractivity contribution in [3.05, 3.63) is 48.2 Å². The molecule has 0 spiro atoms. The Balaban J connectivity index is 1.65. The van der Waals surface area contributed by atoms with Crippen molar-refractivity contribution in [2.45, 2.75) is 41.8 Å². The number of carbonyl (C=O) groups excluding carboxylic acids is 1. The molecule has 0 bridgehead atoms. The topological polar surface area (TPSA) is 118 Å². The third-order valence-corrected chi connectivity index (χ3v) is 6.13. The number of hydrogen-bond donors (Lipinski definition) is 2. The number of benzene rings is 1. The second-order valence-electron chi connectivity index (χ2n) is 6.61. The lowest BCUT2D eigenvalue weighted by Gasteiger charge is -2.17. The number of nitrogens with zero attached hydrogens (tertiary/aromatic N) is 2. The van der Waals surface area contributed by atoms with Gasteiger partial charge < -0.3 is 9.47 Å². The van der Waals surface area contributed by atoms with Gasteiger partial charge in [0.1, 0.15) is 5.75 Å². The Kier molecular flexibility index (Phi) is 6.80. The molecule has 9 nitrogen and oxygen atoms in total. The largest absolute Gasteiger partial charge is 0.497 e. The van der Waals surface area contributed by atoms with Crippen LogP contribution in [0.5, 0.6) is 5.75 Å². The molecule has 1 aliphatic heterocycles. The summed E-state index contributed by atoms with van der Waals surface area (Å²) in [6, 6.07) is 8.89. The predicted molar refractivity (Wildman–Crippen MR) is 102 cm³/mol. The number of hydroxylamine groups is 1. The Hall–Kier alpha value is -2.53. The summed E-state index contributed by atoms with van der Waals surface area (Å²) in [6.07, 6.45) is 3.10. The van der Waals surface area contributed by atoms with Gasteiger partial charge in [0.25, 0.3) is 0 Å². The molecule has 3 rings (SSSR count). The summed E-state index contributed by atoms with van der Waals surface area (Å²) in [5.74, 6) is 0.167. The van der Waals surface area contributed by atoms with E-state index >= 15 is 0 Å². The van der Waals surface area contributed by atoms with Crippen molar-refractivity contribution in [1.29, 1.82) is 0 Å². The first kappa shape index (κ1) is 21.2. The fourth-order valence-electron chi connectivity index (χ4n) is 2.99. The van der Waals surface area contributed by atoms with Crippen molar-refractivity contribution >= 4 is 15.7 Å². The van der Waals surface area contributed by atoms with E-state index in [0.29, 0.717) is 23.1 Å². The molecule has 2 N–H and O–H groups in total. The highest BCUT2D eigenvalue weighted by Gasteiger charge is 2.22. The molecule has 2 heterocycles. The van der Waals surface area contributed by atoms with Crippen LogP contribution in [0.4, 0.5) is 0 Å². The van der Waals surface area contributed by atoms with E-state index in [1.165, 1.54) is 31.5 Å². The van der Waals surface area contributed by atoms with Gasteiger partial charge in [0.05, 0.1) is 31.1 Å². The van der Waals surface area contributed by atoms with Crippen LogP contribution in [0.25, 0.3) is 0 Å². The van der Waals surface area contributed by atoms with Crippen molar-refractivity contribution < 1.29 is 27.9 Å². The first-order chi connectivity index (χ1) is 13.9. The van der Waals surface area contributed by atoms with Crippen molar-refractivity contribution in [3.63, 3.8) is 0 Å². The number of amides is 1. The molecule has 1 saturated heterocycles. The molecule has 0 unspecified atom stereocenters. The third kappa shape index (κ3) is 5.51. The fraction of sp³-hybridized carbons (Fsp3) is 0.368. The molecule has 2 aromatic rings. The number of carbonyl (C=O) groups is 1. The van der Waals surface area contributed by atoms with Gasteiger partial charge in [-0.15, -0.1) is 0 Å². The predicted octanol–water partition coefficient (Wildman–Crippen LogP) is 1.71. The molecule has 0 radical (unpaired) electrons. The zero-order valence-electron chi connectivity index (χ0n) is 15.9. The molecule has 1 fully saturated rings. The lowest BCUT2D eigenvalue weighted by molar-refractivity contribution is -0.166. The van der Waals surface area contributed by atoms with E-state index in [9.17, 15) is 18.4 Å². The normalized spacial score (nSPS) is 16.7. The first-order valence-electron chi connectivity index (χ1n) is 9.10. The van der Waals surface area contributed by atoms with Crippen molar-refractivity contribution in [2.75, 3.05) is 13.7 Å². The summed E-state index contributed by atoms with van der Waals surface area (Å²) in [5, 5.41) is 10.5. The van der Waals surface area contributed by atoms with E-state index < -0.39 is 9.84 Å². The molecular formula is C19H23N3O6S. The lowest BCUT2D eigenvalue weighted by atomic mass is 10.2. The van der Waals surface area contributed by atoms with Crippen LogP contribution in [0.1, 0.15) is 24.8 Å². The SMILES string of the molecule is COc1ccc(S(=O)(=O)c2cc(CN(O)NC(=O)C[C@H]3CCCO3)ccn2)cc1. The monoisotopic (exact) mass is 421 g/mol. The number of rotatable bonds is 8. The standard InChI is InChI=1S/C19H23N3O6S/c1-27-15-4-6-17(7-5-15)29(25,26)19-11-14(8-9-20-19)13-22(24)21-18(23)12-16-3-2-10-28-16/h4-9,11,16,24H,2-3,10,12-13H2,1H3,(H,21,23)/t16-/m1/s1. The minimum atomic E-state index is -3.83. The molecule has 156 valence electrons. The summed E-state index contributed by atoms with van der Waals surface area (Å²) in [7, 11) is -2.34. The van der Waals surface area contributed by atoms with Gasteiger partial charge >= 0.3 is 0 Å². The molecule has 29 heavy (non-hydrogen) atoms. The highest BCUT2D eigenvalue weighted by Crippen LogP contribution is 2.22. The molecule has 1 aromatic carbocycles. The fourth-order valence-corrected chi connectivity index (χ4v) is 4.23. The summed E-state index contributed by atoms with van der Waals surface area (Å²) < 4.78 is 36.0. The zero-order valence-corrected chi connectivity index (χ0v) is 16.8. The van der Waals surface area contributed by atoms with Crippen LogP contribution in [0.3, 0.4) is 0 Å². The van der Waals surface area contributed by atoms with Crippen LogP contribution in [0.2, 0.25) is 0 Å². The quantitative estimate of drug-likeness (QED) is 0.619. The van der Waals surface area contributed by atoms with Crippen LogP contribution in [0.15, 0.2) is 52.5 Å². The Bertz CT molecular complexity index is 943. The number of hydrogen-bond acceptors (Lipinski definition) is 8. The maximum atomic E-state index is 12.8. The molecule has 1 aliphatic rings. The van der Waals surface area contributed by atoms with Gasteiger partial charge in [-0.25, -0.2) is 13.4 Å². The second-order valence-corrected chi connectivity index (χ2v) is 8.51. The molecule has 1 atom stereocenters. The van der Waals surface area contributed by atoms with Gasteiger partial charge in [0.15, 0.2) is 5.03 Å². The lowest BCUT2D eigenvalue weighted by Crippen LogP contribution is -2.40. The average Bonchev–Trinajstić information content (AvgIpc) is 3.21. The van der Waals surface area contributed by atoms with Gasteiger partial charge in [-0.1, -0.05) is 5.17 Å². The van der Waals surface area contributed by atoms with E-state index in [0.717, 1.165) is 12.8 Å². The van der Waals surface area contributed by atoms with E-state index in [4.69, 9.17) is 9.47 Å². The number of methoxy groups -OCH3 is 1. The third-order valence-electron chi connectivity index (χ3n) is 4.47. The summed E-state index contributed by atoms with van der Waals surface area (Å²) >= 11 is 0. The van der Waals surface area contributed by atoms with E-state index in [1.54, 1.807) is 18.2 Å². The van der Waals surface area contributed by atoms with E-state index in [2.05, 4.69) is 10.4 Å².